The maximum Gasteiger partial charge on any atom is 0.339 e. The summed E-state index contributed by atoms with van der Waals surface area (Å²) < 4.78 is 5.21. The van der Waals surface area contributed by atoms with Crippen LogP contribution in [0.4, 0.5) is 0 Å². The molecule has 0 heterocycles. The Morgan fingerprint density at radius 2 is 1.65 bits per heavy atom. The molecular weight excluding hydrogens is 256 g/mol. The summed E-state index contributed by atoms with van der Waals surface area (Å²) in [5.41, 5.74) is -0.0975. The third-order valence-corrected chi connectivity index (χ3v) is 3.39. The highest BCUT2D eigenvalue weighted by molar-refractivity contribution is 6.10. The maximum absolute atomic E-state index is 11.0. The Bertz CT molecular complexity index is 837. The second kappa shape index (κ2) is 4.42. The van der Waals surface area contributed by atoms with Crippen molar-refractivity contribution in [3.8, 4) is 11.5 Å². The summed E-state index contributed by atoms with van der Waals surface area (Å²) >= 11 is 0. The number of methoxy groups -OCH3 is 1. The molecule has 0 unspecified atom stereocenters. The van der Waals surface area contributed by atoms with E-state index in [4.69, 9.17) is 9.84 Å². The predicted molar refractivity (Wildman–Crippen MR) is 76.6 cm³/mol. The molecule has 0 bridgehead atoms. The van der Waals surface area contributed by atoms with Crippen LogP contribution in [0.5, 0.6) is 11.5 Å². The fraction of sp³-hybridized carbons (Fsp3) is 0.0625. The number of aromatic carboxylic acids is 1. The first-order chi connectivity index (χ1) is 9.60. The molecule has 0 radical (unpaired) electrons. The number of hydrogen-bond donors (Lipinski definition) is 2. The third-order valence-electron chi connectivity index (χ3n) is 3.39. The van der Waals surface area contributed by atoms with Gasteiger partial charge in [0.2, 0.25) is 0 Å². The van der Waals surface area contributed by atoms with Gasteiger partial charge < -0.3 is 14.9 Å². The van der Waals surface area contributed by atoms with Crippen LogP contribution in [0.2, 0.25) is 0 Å². The van der Waals surface area contributed by atoms with Gasteiger partial charge in [-0.05, 0) is 45.8 Å². The van der Waals surface area contributed by atoms with Crippen molar-refractivity contribution in [3.05, 3.63) is 48.0 Å². The van der Waals surface area contributed by atoms with Crippen molar-refractivity contribution in [3.63, 3.8) is 0 Å². The van der Waals surface area contributed by atoms with E-state index in [1.165, 1.54) is 12.1 Å². The van der Waals surface area contributed by atoms with Gasteiger partial charge in [0.05, 0.1) is 7.11 Å². The van der Waals surface area contributed by atoms with Gasteiger partial charge in [-0.15, -0.1) is 0 Å². The third kappa shape index (κ3) is 1.82. The first-order valence-corrected chi connectivity index (χ1v) is 6.07. The molecule has 0 aliphatic rings. The number of carbonyl (C=O) groups is 1. The van der Waals surface area contributed by atoms with Crippen LogP contribution in [0, 0.1) is 0 Å². The first kappa shape index (κ1) is 12.3. The highest BCUT2D eigenvalue weighted by atomic mass is 16.5. The van der Waals surface area contributed by atoms with E-state index in [-0.39, 0.29) is 11.3 Å². The Labute approximate surface area is 114 Å². The van der Waals surface area contributed by atoms with Gasteiger partial charge in [-0.1, -0.05) is 18.2 Å². The lowest BCUT2D eigenvalue weighted by Gasteiger charge is -2.08. The van der Waals surface area contributed by atoms with Crippen molar-refractivity contribution in [2.75, 3.05) is 7.11 Å². The van der Waals surface area contributed by atoms with Crippen molar-refractivity contribution in [2.24, 2.45) is 0 Å². The molecule has 0 fully saturated rings. The van der Waals surface area contributed by atoms with Gasteiger partial charge in [-0.25, -0.2) is 4.79 Å². The number of benzene rings is 3. The molecule has 100 valence electrons. The number of rotatable bonds is 2. The summed E-state index contributed by atoms with van der Waals surface area (Å²) in [6.45, 7) is 0. The molecule has 0 saturated carbocycles. The van der Waals surface area contributed by atoms with E-state index in [1.54, 1.807) is 7.11 Å². The topological polar surface area (TPSA) is 66.8 Å². The van der Waals surface area contributed by atoms with E-state index in [0.29, 0.717) is 5.75 Å². The summed E-state index contributed by atoms with van der Waals surface area (Å²) in [5, 5.41) is 22.4. The molecule has 0 saturated heterocycles. The molecule has 3 aromatic rings. The second-order valence-corrected chi connectivity index (χ2v) is 4.55. The summed E-state index contributed by atoms with van der Waals surface area (Å²) in [6.07, 6.45) is 0. The molecule has 2 N–H and O–H groups in total. The zero-order chi connectivity index (χ0) is 14.3. The highest BCUT2D eigenvalue weighted by Gasteiger charge is 2.12. The Morgan fingerprint density at radius 3 is 2.35 bits per heavy atom. The Morgan fingerprint density at radius 1 is 1.00 bits per heavy atom. The van der Waals surface area contributed by atoms with Gasteiger partial charge in [0.1, 0.15) is 17.1 Å². The second-order valence-electron chi connectivity index (χ2n) is 4.55. The zero-order valence-corrected chi connectivity index (χ0v) is 10.8. The van der Waals surface area contributed by atoms with Gasteiger partial charge in [0.15, 0.2) is 0 Å². The normalized spacial score (nSPS) is 10.8. The van der Waals surface area contributed by atoms with Crippen LogP contribution >= 0.6 is 0 Å². The molecule has 20 heavy (non-hydrogen) atoms. The zero-order valence-electron chi connectivity index (χ0n) is 10.8. The van der Waals surface area contributed by atoms with Crippen molar-refractivity contribution in [2.45, 2.75) is 0 Å². The first-order valence-electron chi connectivity index (χ1n) is 6.07. The van der Waals surface area contributed by atoms with Crippen molar-refractivity contribution < 1.29 is 19.7 Å². The average Bonchev–Trinajstić information content (AvgIpc) is 2.45. The molecule has 0 aromatic heterocycles. The summed E-state index contributed by atoms with van der Waals surface area (Å²) in [7, 11) is 1.59. The molecule has 0 amide bonds. The van der Waals surface area contributed by atoms with Crippen LogP contribution in [-0.4, -0.2) is 23.3 Å². The fourth-order valence-corrected chi connectivity index (χ4v) is 2.37. The SMILES string of the molecule is COc1ccc2ccc3cc(C(=O)O)c(O)cc3c2c1. The minimum atomic E-state index is -1.14. The Kier molecular flexibility index (Phi) is 2.71. The van der Waals surface area contributed by atoms with Crippen molar-refractivity contribution in [1.82, 2.24) is 0 Å². The van der Waals surface area contributed by atoms with E-state index < -0.39 is 5.97 Å². The van der Waals surface area contributed by atoms with Crippen LogP contribution in [0.15, 0.2) is 42.5 Å². The average molecular weight is 268 g/mol. The van der Waals surface area contributed by atoms with Crippen LogP contribution in [0.25, 0.3) is 21.5 Å². The van der Waals surface area contributed by atoms with Crippen LogP contribution in [-0.2, 0) is 0 Å². The van der Waals surface area contributed by atoms with Crippen LogP contribution < -0.4 is 4.74 Å². The van der Waals surface area contributed by atoms with Crippen LogP contribution in [0.1, 0.15) is 10.4 Å². The maximum atomic E-state index is 11.0. The van der Waals surface area contributed by atoms with Gasteiger partial charge in [-0.2, -0.15) is 0 Å². The predicted octanol–water partition coefficient (Wildman–Crippen LogP) is 3.41. The molecule has 0 aliphatic carbocycles. The number of carboxylic acid groups (broad SMARTS) is 1. The molecule has 3 aromatic carbocycles. The summed E-state index contributed by atoms with van der Waals surface area (Å²) in [4.78, 5) is 11.0. The van der Waals surface area contributed by atoms with Gasteiger partial charge in [-0.3, -0.25) is 0 Å². The molecule has 0 aliphatic heterocycles. The molecule has 0 spiro atoms. The van der Waals surface area contributed by atoms with Gasteiger partial charge >= 0.3 is 5.97 Å². The summed E-state index contributed by atoms with van der Waals surface area (Å²) in [6, 6.07) is 12.4. The molecule has 4 nitrogen and oxygen atoms in total. The smallest absolute Gasteiger partial charge is 0.339 e. The minimum absolute atomic E-state index is 0.0975. The molecular formula is C16H12O4. The monoisotopic (exact) mass is 268 g/mol. The fourth-order valence-electron chi connectivity index (χ4n) is 2.37. The number of fused-ring (bicyclic) bond motifs is 3. The summed E-state index contributed by atoms with van der Waals surface area (Å²) in [5.74, 6) is -0.665. The number of aromatic hydroxyl groups is 1. The molecule has 0 atom stereocenters. The standard InChI is InChI=1S/C16H12O4/c1-20-11-5-4-9-2-3-10-6-14(16(18)19)15(17)8-13(10)12(9)7-11/h2-8,17H,1H3,(H,18,19). The van der Waals surface area contributed by atoms with Gasteiger partial charge in [0.25, 0.3) is 0 Å². The van der Waals surface area contributed by atoms with E-state index in [0.717, 1.165) is 21.5 Å². The Hall–Kier alpha value is -2.75. The minimum Gasteiger partial charge on any atom is -0.507 e. The lowest BCUT2D eigenvalue weighted by Crippen LogP contribution is -1.96. The lowest BCUT2D eigenvalue weighted by atomic mass is 9.99. The van der Waals surface area contributed by atoms with Crippen molar-refractivity contribution in [1.29, 1.82) is 0 Å². The highest BCUT2D eigenvalue weighted by Crippen LogP contribution is 2.32. The van der Waals surface area contributed by atoms with Gasteiger partial charge in [0, 0.05) is 0 Å². The van der Waals surface area contributed by atoms with E-state index in [2.05, 4.69) is 0 Å². The largest absolute Gasteiger partial charge is 0.507 e. The number of ether oxygens (including phenoxy) is 1. The number of hydrogen-bond acceptors (Lipinski definition) is 3. The van der Waals surface area contributed by atoms with E-state index >= 15 is 0 Å². The quantitative estimate of drug-likeness (QED) is 0.699. The van der Waals surface area contributed by atoms with E-state index in [1.807, 2.05) is 30.3 Å². The van der Waals surface area contributed by atoms with E-state index in [9.17, 15) is 9.90 Å². The number of phenols is 1. The Balaban J connectivity index is 2.41. The molecule has 4 heteroatoms. The van der Waals surface area contributed by atoms with Crippen molar-refractivity contribution >= 4 is 27.5 Å². The lowest BCUT2D eigenvalue weighted by molar-refractivity contribution is 0.0694. The molecule has 3 rings (SSSR count). The number of carboxylic acids is 1. The van der Waals surface area contributed by atoms with Crippen LogP contribution in [0.3, 0.4) is 0 Å².